The van der Waals surface area contributed by atoms with Crippen molar-refractivity contribution in [1.82, 2.24) is 9.97 Å². The molecule has 0 aliphatic rings. The Morgan fingerprint density at radius 1 is 1.10 bits per heavy atom. The van der Waals surface area contributed by atoms with Crippen molar-refractivity contribution in [2.24, 2.45) is 5.73 Å². The van der Waals surface area contributed by atoms with E-state index in [2.05, 4.69) is 9.97 Å². The lowest BCUT2D eigenvalue weighted by Gasteiger charge is -1.96. The van der Waals surface area contributed by atoms with E-state index >= 15 is 0 Å². The van der Waals surface area contributed by atoms with E-state index in [1.165, 1.54) is 12.1 Å². The average molecular weight is 301 g/mol. The molecule has 0 unspecified atom stereocenters. The van der Waals surface area contributed by atoms with Crippen LogP contribution in [0, 0.1) is 0 Å². The molecule has 0 atom stereocenters. The van der Waals surface area contributed by atoms with Crippen LogP contribution in [0.15, 0.2) is 47.4 Å². The average Bonchev–Trinajstić information content (AvgIpc) is 2.90. The van der Waals surface area contributed by atoms with Gasteiger partial charge in [-0.1, -0.05) is 0 Å². The lowest BCUT2D eigenvalue weighted by atomic mass is 10.2. The van der Waals surface area contributed by atoms with Gasteiger partial charge in [-0.2, -0.15) is 0 Å². The van der Waals surface area contributed by atoms with Crippen LogP contribution in [-0.2, 0) is 10.7 Å². The Bertz CT molecular complexity index is 903. The maximum absolute atomic E-state index is 11.1. The van der Waals surface area contributed by atoms with Gasteiger partial charge in [0.05, 0.1) is 15.9 Å². The summed E-state index contributed by atoms with van der Waals surface area (Å²) in [7, 11) is -2.59. The summed E-state index contributed by atoms with van der Waals surface area (Å²) >= 11 is 0. The predicted octanol–water partition coefficient (Wildman–Crippen LogP) is 1.30. The topological polar surface area (TPSA) is 106 Å². The van der Waals surface area contributed by atoms with Gasteiger partial charge in [-0.25, -0.2) is 13.4 Å². The highest BCUT2D eigenvalue weighted by Gasteiger charge is 2.08. The second-order valence-electron chi connectivity index (χ2n) is 4.49. The number of nitrogens with two attached hydrogens (primary N) is 1. The molecule has 3 aromatic rings. The molecule has 0 spiro atoms. The molecule has 3 N–H and O–H groups in total. The molecule has 0 saturated carbocycles. The zero-order valence-corrected chi connectivity index (χ0v) is 11.6. The Morgan fingerprint density at radius 2 is 1.81 bits per heavy atom. The van der Waals surface area contributed by atoms with Gasteiger partial charge in [-0.05, 0) is 42.5 Å². The first-order valence-corrected chi connectivity index (χ1v) is 7.27. The highest BCUT2D eigenvalue weighted by Crippen LogP contribution is 2.22. The number of thiol groups is 1. The summed E-state index contributed by atoms with van der Waals surface area (Å²) < 4.78 is 21.7. The normalized spacial score (nSPS) is 11.1. The lowest BCUT2D eigenvalue weighted by molar-refractivity contribution is 0.100. The minimum absolute atomic E-state index is 0.251. The van der Waals surface area contributed by atoms with Crippen LogP contribution >= 0.6 is 0 Å². The molecule has 0 fully saturated rings. The quantitative estimate of drug-likeness (QED) is 0.634. The Kier molecular flexibility index (Phi) is 3.19. The van der Waals surface area contributed by atoms with E-state index < -0.39 is 16.6 Å². The van der Waals surface area contributed by atoms with E-state index in [9.17, 15) is 13.2 Å². The molecular weight excluding hydrogens is 290 g/mol. The molecule has 6 nitrogen and oxygen atoms in total. The summed E-state index contributed by atoms with van der Waals surface area (Å²) in [6, 6.07) is 11.3. The van der Waals surface area contributed by atoms with Gasteiger partial charge >= 0.3 is 0 Å². The van der Waals surface area contributed by atoms with Gasteiger partial charge < -0.3 is 10.7 Å². The van der Waals surface area contributed by atoms with Crippen LogP contribution < -0.4 is 5.73 Å². The first-order valence-electron chi connectivity index (χ1n) is 6.09. The van der Waals surface area contributed by atoms with Crippen LogP contribution in [-0.4, -0.2) is 24.3 Å². The number of aromatic amines is 1. The lowest BCUT2D eigenvalue weighted by Crippen LogP contribution is -2.10. The fourth-order valence-electron chi connectivity index (χ4n) is 2.04. The van der Waals surface area contributed by atoms with Gasteiger partial charge in [-0.3, -0.25) is 4.79 Å². The molecule has 0 saturated heterocycles. The standard InChI is InChI=1S/C14H11N3O3S/c15-13(18)9-3-6-11-12(7-9)17-14(16-11)8-1-4-10(5-2-8)21(19)20/h1-7,21H,(H2,15,18)(H,16,17). The molecule has 0 radical (unpaired) electrons. The van der Waals surface area contributed by atoms with E-state index in [4.69, 9.17) is 5.73 Å². The zero-order valence-electron chi connectivity index (χ0n) is 10.7. The summed E-state index contributed by atoms with van der Waals surface area (Å²) in [5.41, 5.74) is 7.78. The second kappa shape index (κ2) is 5.02. The molecule has 21 heavy (non-hydrogen) atoms. The summed E-state index contributed by atoms with van der Waals surface area (Å²) in [6.07, 6.45) is 0. The Hall–Kier alpha value is -2.67. The molecule has 1 aromatic heterocycles. The minimum atomic E-state index is -2.59. The van der Waals surface area contributed by atoms with Crippen LogP contribution in [0.3, 0.4) is 0 Å². The predicted molar refractivity (Wildman–Crippen MR) is 78.6 cm³/mol. The van der Waals surface area contributed by atoms with Crippen LogP contribution in [0.5, 0.6) is 0 Å². The third-order valence-electron chi connectivity index (χ3n) is 3.12. The van der Waals surface area contributed by atoms with E-state index in [0.717, 1.165) is 11.1 Å². The number of carbonyl (C=O) groups is 1. The van der Waals surface area contributed by atoms with Gasteiger partial charge in [0.1, 0.15) is 5.82 Å². The maximum atomic E-state index is 11.1. The third-order valence-corrected chi connectivity index (χ3v) is 3.84. The van der Waals surface area contributed by atoms with Gasteiger partial charge in [-0.15, -0.1) is 0 Å². The number of hydrogen-bond acceptors (Lipinski definition) is 4. The molecule has 106 valence electrons. The summed E-state index contributed by atoms with van der Waals surface area (Å²) in [5, 5.41) is 0. The number of aromatic nitrogens is 2. The van der Waals surface area contributed by atoms with E-state index in [-0.39, 0.29) is 4.90 Å². The van der Waals surface area contributed by atoms with Crippen LogP contribution in [0.2, 0.25) is 0 Å². The second-order valence-corrected chi connectivity index (χ2v) is 5.52. The highest BCUT2D eigenvalue weighted by molar-refractivity contribution is 7.72. The molecule has 0 aliphatic heterocycles. The molecule has 0 aliphatic carbocycles. The molecule has 2 aromatic carbocycles. The number of rotatable bonds is 3. The fraction of sp³-hybridized carbons (Fsp3) is 0. The Labute approximate surface area is 121 Å². The molecule has 0 bridgehead atoms. The number of hydrogen-bond donors (Lipinski definition) is 3. The number of carbonyl (C=O) groups excluding carboxylic acids is 1. The van der Waals surface area contributed by atoms with Crippen molar-refractivity contribution in [2.45, 2.75) is 4.90 Å². The molecule has 7 heteroatoms. The number of fused-ring (bicyclic) bond motifs is 1. The van der Waals surface area contributed by atoms with E-state index in [1.807, 2.05) is 0 Å². The number of benzene rings is 2. The summed E-state index contributed by atoms with van der Waals surface area (Å²) in [5.74, 6) is 0.0874. The molecule has 1 amide bonds. The van der Waals surface area contributed by atoms with Gasteiger partial charge in [0.15, 0.2) is 10.7 Å². The van der Waals surface area contributed by atoms with Crippen LogP contribution in [0.4, 0.5) is 0 Å². The number of nitrogens with zero attached hydrogens (tertiary/aromatic N) is 1. The SMILES string of the molecule is NC(=O)c1ccc2[nH]c(-c3ccc([SH](=O)=O)cc3)nc2c1. The van der Waals surface area contributed by atoms with Crippen molar-refractivity contribution >= 4 is 27.6 Å². The molecule has 1 heterocycles. The zero-order chi connectivity index (χ0) is 15.0. The van der Waals surface area contributed by atoms with Crippen molar-refractivity contribution in [2.75, 3.05) is 0 Å². The number of amides is 1. The van der Waals surface area contributed by atoms with E-state index in [1.54, 1.807) is 30.3 Å². The van der Waals surface area contributed by atoms with Crippen LogP contribution in [0.1, 0.15) is 10.4 Å². The first kappa shape index (κ1) is 13.3. The van der Waals surface area contributed by atoms with Gasteiger partial charge in [0.2, 0.25) is 5.91 Å². The van der Waals surface area contributed by atoms with Crippen molar-refractivity contribution in [1.29, 1.82) is 0 Å². The number of nitrogens with one attached hydrogen (secondary N) is 1. The molecular formula is C14H11N3O3S. The van der Waals surface area contributed by atoms with Crippen LogP contribution in [0.25, 0.3) is 22.4 Å². The minimum Gasteiger partial charge on any atom is -0.366 e. The van der Waals surface area contributed by atoms with Crippen molar-refractivity contribution < 1.29 is 13.2 Å². The van der Waals surface area contributed by atoms with Crippen molar-refractivity contribution in [3.63, 3.8) is 0 Å². The summed E-state index contributed by atoms with van der Waals surface area (Å²) in [6.45, 7) is 0. The Balaban J connectivity index is 2.06. The smallest absolute Gasteiger partial charge is 0.248 e. The number of H-pyrrole nitrogens is 1. The number of imidazole rings is 1. The van der Waals surface area contributed by atoms with Gasteiger partial charge in [0, 0.05) is 11.1 Å². The highest BCUT2D eigenvalue weighted by atomic mass is 32.2. The summed E-state index contributed by atoms with van der Waals surface area (Å²) in [4.78, 5) is 18.9. The Morgan fingerprint density at radius 3 is 2.43 bits per heavy atom. The fourth-order valence-corrected chi connectivity index (χ4v) is 2.43. The first-order chi connectivity index (χ1) is 10.0. The van der Waals surface area contributed by atoms with Crippen molar-refractivity contribution in [3.8, 4) is 11.4 Å². The van der Waals surface area contributed by atoms with E-state index in [0.29, 0.717) is 16.9 Å². The molecule has 3 rings (SSSR count). The largest absolute Gasteiger partial charge is 0.366 e. The van der Waals surface area contributed by atoms with Crippen molar-refractivity contribution in [3.05, 3.63) is 48.0 Å². The van der Waals surface area contributed by atoms with Gasteiger partial charge in [0.25, 0.3) is 0 Å². The third kappa shape index (κ3) is 2.50. The number of primary amides is 1. The maximum Gasteiger partial charge on any atom is 0.248 e. The monoisotopic (exact) mass is 301 g/mol.